The fraction of sp³-hybridized carbons (Fsp3) is 0.833. The Bertz CT molecular complexity index is 150. The minimum atomic E-state index is -3.51. The number of carbonyl (C=O) groups is 1. The first kappa shape index (κ1) is 11.2. The molecule has 2 atom stereocenters. The first-order valence-corrected chi connectivity index (χ1v) is 3.23. The van der Waals surface area contributed by atoms with Crippen molar-refractivity contribution in [3.63, 3.8) is 0 Å². The molecule has 0 N–H and O–H groups in total. The van der Waals surface area contributed by atoms with Crippen LogP contribution in [0.25, 0.3) is 0 Å². The fourth-order valence-electron chi connectivity index (χ4n) is 0.480. The lowest BCUT2D eigenvalue weighted by molar-refractivity contribution is -0.154. The van der Waals surface area contributed by atoms with Crippen molar-refractivity contribution in [2.24, 2.45) is 0 Å². The van der Waals surface area contributed by atoms with Gasteiger partial charge in [-0.15, -0.1) is 0 Å². The van der Waals surface area contributed by atoms with Crippen LogP contribution in [0.3, 0.4) is 0 Å². The molecule has 2 unspecified atom stereocenters. The molecule has 0 spiro atoms. The third-order valence-electron chi connectivity index (χ3n) is 1.03. The van der Waals surface area contributed by atoms with E-state index in [0.29, 0.717) is 0 Å². The second kappa shape index (κ2) is 4.95. The van der Waals surface area contributed by atoms with E-state index < -0.39 is 24.7 Å². The van der Waals surface area contributed by atoms with Gasteiger partial charge in [0.05, 0.1) is 6.61 Å². The average Bonchev–Trinajstić information content (AvgIpc) is 2.02. The van der Waals surface area contributed by atoms with Crippen molar-refractivity contribution < 1.29 is 27.1 Å². The zero-order chi connectivity index (χ0) is 9.72. The van der Waals surface area contributed by atoms with Gasteiger partial charge in [-0.2, -0.15) is 0 Å². The van der Waals surface area contributed by atoms with Gasteiger partial charge >= 0.3 is 5.97 Å². The Morgan fingerprint density at radius 2 is 1.83 bits per heavy atom. The van der Waals surface area contributed by atoms with Crippen molar-refractivity contribution in [2.75, 3.05) is 6.61 Å². The smallest absolute Gasteiger partial charge is 0.344 e. The van der Waals surface area contributed by atoms with Gasteiger partial charge in [0.25, 0.3) is 6.43 Å². The quantitative estimate of drug-likeness (QED) is 0.493. The molecule has 0 aliphatic rings. The van der Waals surface area contributed by atoms with E-state index >= 15 is 0 Å². The van der Waals surface area contributed by atoms with Gasteiger partial charge in [-0.05, 0) is 6.92 Å². The molecule has 0 aliphatic heterocycles. The van der Waals surface area contributed by atoms with Crippen LogP contribution in [0.2, 0.25) is 0 Å². The van der Waals surface area contributed by atoms with Gasteiger partial charge in [0.2, 0.25) is 12.3 Å². The molecule has 6 heteroatoms. The SMILES string of the molecule is CCOC(=O)C(F)C(F)C(F)F. The summed E-state index contributed by atoms with van der Waals surface area (Å²) in [5.74, 6) is -1.59. The highest BCUT2D eigenvalue weighted by atomic mass is 19.3. The van der Waals surface area contributed by atoms with Crippen LogP contribution in [-0.4, -0.2) is 31.3 Å². The van der Waals surface area contributed by atoms with Crippen molar-refractivity contribution in [1.82, 2.24) is 0 Å². The maximum Gasteiger partial charge on any atom is 0.344 e. The van der Waals surface area contributed by atoms with Crippen molar-refractivity contribution in [2.45, 2.75) is 25.7 Å². The summed E-state index contributed by atoms with van der Waals surface area (Å²) in [6.07, 6.45) is -9.52. The third-order valence-corrected chi connectivity index (χ3v) is 1.03. The lowest BCUT2D eigenvalue weighted by atomic mass is 10.2. The van der Waals surface area contributed by atoms with Crippen molar-refractivity contribution >= 4 is 5.97 Å². The minimum Gasteiger partial charge on any atom is -0.464 e. The molecule has 0 rings (SSSR count). The van der Waals surface area contributed by atoms with Crippen LogP contribution in [0.4, 0.5) is 17.6 Å². The summed E-state index contributed by atoms with van der Waals surface area (Å²) in [6, 6.07) is 0. The zero-order valence-corrected chi connectivity index (χ0v) is 6.27. The van der Waals surface area contributed by atoms with E-state index in [1.165, 1.54) is 6.92 Å². The molecule has 0 radical (unpaired) electrons. The number of hydrogen-bond acceptors (Lipinski definition) is 2. The topological polar surface area (TPSA) is 26.3 Å². The number of alkyl halides is 4. The molecule has 0 saturated carbocycles. The lowest BCUT2D eigenvalue weighted by Crippen LogP contribution is -2.33. The summed E-state index contributed by atoms with van der Waals surface area (Å²) in [7, 11) is 0. The molecule has 0 aliphatic carbocycles. The zero-order valence-electron chi connectivity index (χ0n) is 6.27. The lowest BCUT2D eigenvalue weighted by Gasteiger charge is -2.10. The van der Waals surface area contributed by atoms with Crippen LogP contribution in [-0.2, 0) is 9.53 Å². The van der Waals surface area contributed by atoms with Crippen LogP contribution in [0.1, 0.15) is 6.92 Å². The van der Waals surface area contributed by atoms with Crippen LogP contribution < -0.4 is 0 Å². The van der Waals surface area contributed by atoms with Gasteiger partial charge in [-0.1, -0.05) is 0 Å². The van der Waals surface area contributed by atoms with Gasteiger partial charge in [0.15, 0.2) is 0 Å². The molecule has 0 aromatic rings. The van der Waals surface area contributed by atoms with E-state index in [-0.39, 0.29) is 6.61 Å². The second-order valence-corrected chi connectivity index (χ2v) is 1.93. The van der Waals surface area contributed by atoms with Crippen molar-refractivity contribution in [3.05, 3.63) is 0 Å². The molecule has 0 aromatic heterocycles. The van der Waals surface area contributed by atoms with E-state index in [1.54, 1.807) is 0 Å². The molecule has 0 bridgehead atoms. The Labute approximate surface area is 66.5 Å². The summed E-state index contributed by atoms with van der Waals surface area (Å²) < 4.78 is 51.3. The third kappa shape index (κ3) is 3.06. The van der Waals surface area contributed by atoms with E-state index in [9.17, 15) is 22.4 Å². The maximum atomic E-state index is 12.3. The first-order valence-electron chi connectivity index (χ1n) is 3.23. The molecular weight excluding hydrogens is 180 g/mol. The predicted octanol–water partition coefficient (Wildman–Crippen LogP) is 1.49. The molecule has 0 heterocycles. The predicted molar refractivity (Wildman–Crippen MR) is 32.4 cm³/mol. The summed E-state index contributed by atoms with van der Waals surface area (Å²) >= 11 is 0. The molecule has 72 valence electrons. The number of ether oxygens (including phenoxy) is 1. The maximum absolute atomic E-state index is 12.3. The Balaban J connectivity index is 4.00. The van der Waals surface area contributed by atoms with Gasteiger partial charge < -0.3 is 4.74 Å². The van der Waals surface area contributed by atoms with Gasteiger partial charge in [-0.25, -0.2) is 22.4 Å². The van der Waals surface area contributed by atoms with Crippen LogP contribution >= 0.6 is 0 Å². The van der Waals surface area contributed by atoms with Crippen LogP contribution in [0, 0.1) is 0 Å². The molecule has 2 nitrogen and oxygen atoms in total. The number of halogens is 4. The Morgan fingerprint density at radius 3 is 2.17 bits per heavy atom. The monoisotopic (exact) mass is 188 g/mol. The normalized spacial score (nSPS) is 15.8. The molecule has 12 heavy (non-hydrogen) atoms. The van der Waals surface area contributed by atoms with E-state index in [0.717, 1.165) is 0 Å². The Kier molecular flexibility index (Phi) is 4.61. The highest BCUT2D eigenvalue weighted by Crippen LogP contribution is 2.14. The number of esters is 1. The highest BCUT2D eigenvalue weighted by molar-refractivity contribution is 5.75. The van der Waals surface area contributed by atoms with E-state index in [1.807, 2.05) is 0 Å². The summed E-state index contributed by atoms with van der Waals surface area (Å²) in [4.78, 5) is 10.3. The molecule has 0 saturated heterocycles. The Morgan fingerprint density at radius 1 is 1.33 bits per heavy atom. The summed E-state index contributed by atoms with van der Waals surface area (Å²) in [5, 5.41) is 0. The number of hydrogen-bond donors (Lipinski definition) is 0. The fourth-order valence-corrected chi connectivity index (χ4v) is 0.480. The van der Waals surface area contributed by atoms with Gasteiger partial charge in [0, 0.05) is 0 Å². The number of rotatable bonds is 4. The van der Waals surface area contributed by atoms with Gasteiger partial charge in [-0.3, -0.25) is 0 Å². The highest BCUT2D eigenvalue weighted by Gasteiger charge is 2.36. The summed E-state index contributed by atoms with van der Waals surface area (Å²) in [5.41, 5.74) is 0. The first-order chi connectivity index (χ1) is 5.50. The average molecular weight is 188 g/mol. The van der Waals surface area contributed by atoms with Gasteiger partial charge in [0.1, 0.15) is 0 Å². The molecule has 0 amide bonds. The molecule has 0 fully saturated rings. The van der Waals surface area contributed by atoms with Crippen LogP contribution in [0.15, 0.2) is 0 Å². The standard InChI is InChI=1S/C6H8F4O2/c1-2-12-6(11)4(8)3(7)5(9)10/h3-5H,2H2,1H3. The largest absolute Gasteiger partial charge is 0.464 e. The summed E-state index contributed by atoms with van der Waals surface area (Å²) in [6.45, 7) is 1.19. The van der Waals surface area contributed by atoms with Crippen LogP contribution in [0.5, 0.6) is 0 Å². The van der Waals surface area contributed by atoms with E-state index in [4.69, 9.17) is 0 Å². The second-order valence-electron chi connectivity index (χ2n) is 1.93. The molecule has 0 aromatic carbocycles. The minimum absolute atomic E-state index is 0.171. The Hall–Kier alpha value is -0.810. The number of carbonyl (C=O) groups excluding carboxylic acids is 1. The molecular formula is C6H8F4O2. The van der Waals surface area contributed by atoms with Crippen molar-refractivity contribution in [3.8, 4) is 0 Å². The van der Waals surface area contributed by atoms with Crippen molar-refractivity contribution in [1.29, 1.82) is 0 Å². The van der Waals surface area contributed by atoms with E-state index in [2.05, 4.69) is 4.74 Å².